The van der Waals surface area contributed by atoms with Crippen LogP contribution < -0.4 is 0 Å². The smallest absolute Gasteiger partial charge is 0.228 e. The molecule has 21 heavy (non-hydrogen) atoms. The van der Waals surface area contributed by atoms with E-state index in [4.69, 9.17) is 0 Å². The van der Waals surface area contributed by atoms with E-state index in [1.165, 1.54) is 12.5 Å². The molecule has 1 aliphatic carbocycles. The van der Waals surface area contributed by atoms with E-state index in [1.54, 1.807) is 12.1 Å². The average Bonchev–Trinajstić information content (AvgIpc) is 3.24. The van der Waals surface area contributed by atoms with Crippen LogP contribution >= 0.6 is 0 Å². The minimum Gasteiger partial charge on any atom is -0.342 e. The van der Waals surface area contributed by atoms with Gasteiger partial charge in [0.2, 0.25) is 5.91 Å². The lowest BCUT2D eigenvalue weighted by molar-refractivity contribution is -0.138. The van der Waals surface area contributed by atoms with Crippen LogP contribution in [0.4, 0.5) is 4.39 Å². The molecule has 1 atom stereocenters. The molecule has 3 rings (SSSR count). The van der Waals surface area contributed by atoms with Crippen molar-refractivity contribution < 1.29 is 9.18 Å². The molecule has 1 saturated carbocycles. The van der Waals surface area contributed by atoms with Gasteiger partial charge in [-0.1, -0.05) is 19.1 Å². The first-order valence-corrected chi connectivity index (χ1v) is 8.11. The van der Waals surface area contributed by atoms with Crippen molar-refractivity contribution >= 4 is 5.91 Å². The fraction of sp³-hybridized carbons (Fsp3) is 0.611. The summed E-state index contributed by atoms with van der Waals surface area (Å²) in [7, 11) is 0. The van der Waals surface area contributed by atoms with Gasteiger partial charge in [-0.05, 0) is 62.1 Å². The summed E-state index contributed by atoms with van der Waals surface area (Å²) >= 11 is 0. The van der Waals surface area contributed by atoms with Crippen molar-refractivity contribution in [3.05, 3.63) is 35.6 Å². The van der Waals surface area contributed by atoms with Crippen molar-refractivity contribution in [1.82, 2.24) is 4.90 Å². The van der Waals surface area contributed by atoms with Gasteiger partial charge >= 0.3 is 0 Å². The Morgan fingerprint density at radius 2 is 2.24 bits per heavy atom. The molecular formula is C18H24FNO. The number of piperidine rings is 1. The first kappa shape index (κ1) is 14.6. The summed E-state index contributed by atoms with van der Waals surface area (Å²) in [5.74, 6) is 0.765. The van der Waals surface area contributed by atoms with E-state index in [-0.39, 0.29) is 11.2 Å². The topological polar surface area (TPSA) is 20.3 Å². The van der Waals surface area contributed by atoms with Gasteiger partial charge in [0.25, 0.3) is 0 Å². The number of amides is 1. The largest absolute Gasteiger partial charge is 0.342 e. The summed E-state index contributed by atoms with van der Waals surface area (Å²) in [4.78, 5) is 14.5. The molecule has 1 saturated heterocycles. The highest BCUT2D eigenvalue weighted by Crippen LogP contribution is 2.47. The number of carbonyl (C=O) groups is 1. The summed E-state index contributed by atoms with van der Waals surface area (Å²) < 4.78 is 13.2. The minimum absolute atomic E-state index is 0.0511. The molecule has 1 heterocycles. The number of halogens is 1. The van der Waals surface area contributed by atoms with Gasteiger partial charge < -0.3 is 4.90 Å². The van der Waals surface area contributed by atoms with Crippen LogP contribution in [-0.4, -0.2) is 23.9 Å². The maximum atomic E-state index is 13.2. The zero-order chi connectivity index (χ0) is 14.9. The molecular weight excluding hydrogens is 265 g/mol. The van der Waals surface area contributed by atoms with Gasteiger partial charge in [0.1, 0.15) is 5.82 Å². The third-order valence-electron chi connectivity index (χ3n) is 5.05. The predicted molar refractivity (Wildman–Crippen MR) is 81.4 cm³/mol. The molecule has 1 aromatic rings. The molecule has 2 aliphatic rings. The van der Waals surface area contributed by atoms with Crippen molar-refractivity contribution in [2.75, 3.05) is 13.1 Å². The summed E-state index contributed by atoms with van der Waals surface area (Å²) in [5, 5.41) is 0. The maximum Gasteiger partial charge on any atom is 0.228 e. The second-order valence-electron chi connectivity index (χ2n) is 6.99. The van der Waals surface area contributed by atoms with Gasteiger partial charge in [0.05, 0.1) is 0 Å². The second kappa shape index (κ2) is 5.78. The Bertz CT molecular complexity index is 524. The predicted octanol–water partition coefficient (Wildman–Crippen LogP) is 3.80. The lowest BCUT2D eigenvalue weighted by Gasteiger charge is -2.34. The Morgan fingerprint density at radius 3 is 2.95 bits per heavy atom. The van der Waals surface area contributed by atoms with E-state index in [0.29, 0.717) is 11.8 Å². The van der Waals surface area contributed by atoms with Crippen LogP contribution in [0, 0.1) is 17.2 Å². The highest BCUT2D eigenvalue weighted by atomic mass is 19.1. The van der Waals surface area contributed by atoms with Crippen molar-refractivity contribution in [2.24, 2.45) is 11.3 Å². The zero-order valence-corrected chi connectivity index (χ0v) is 12.8. The summed E-state index contributed by atoms with van der Waals surface area (Å²) in [6.07, 6.45) is 6.35. The van der Waals surface area contributed by atoms with Crippen LogP contribution in [-0.2, 0) is 11.2 Å². The standard InChI is InChI=1S/C18H24FNO/c1-18(9-10-18)17(21)20-11-3-5-15(13-20)8-7-14-4-2-6-16(19)12-14/h2,4,6,12,15H,3,5,7-11,13H2,1H3/t15-/m0/s1. The Labute approximate surface area is 126 Å². The molecule has 0 aromatic heterocycles. The number of hydrogen-bond donors (Lipinski definition) is 0. The Balaban J connectivity index is 1.53. The van der Waals surface area contributed by atoms with Crippen molar-refractivity contribution in [3.63, 3.8) is 0 Å². The number of likely N-dealkylation sites (tertiary alicyclic amines) is 1. The monoisotopic (exact) mass is 289 g/mol. The molecule has 0 radical (unpaired) electrons. The molecule has 0 spiro atoms. The van der Waals surface area contributed by atoms with Crippen molar-refractivity contribution in [3.8, 4) is 0 Å². The third-order valence-corrected chi connectivity index (χ3v) is 5.05. The molecule has 3 heteroatoms. The van der Waals surface area contributed by atoms with E-state index in [9.17, 15) is 9.18 Å². The summed E-state index contributed by atoms with van der Waals surface area (Å²) in [6, 6.07) is 6.87. The molecule has 2 fully saturated rings. The highest BCUT2D eigenvalue weighted by Gasteiger charge is 2.47. The molecule has 2 nitrogen and oxygen atoms in total. The van der Waals surface area contributed by atoms with E-state index in [2.05, 4.69) is 11.8 Å². The van der Waals surface area contributed by atoms with Crippen LogP contribution in [0.2, 0.25) is 0 Å². The molecule has 114 valence electrons. The number of carbonyl (C=O) groups excluding carboxylic acids is 1. The van der Waals surface area contributed by atoms with Gasteiger partial charge in [-0.2, -0.15) is 0 Å². The highest BCUT2D eigenvalue weighted by molar-refractivity contribution is 5.85. The van der Waals surface area contributed by atoms with Crippen LogP contribution in [0.1, 0.15) is 44.6 Å². The van der Waals surface area contributed by atoms with E-state index >= 15 is 0 Å². The fourth-order valence-electron chi connectivity index (χ4n) is 3.33. The Morgan fingerprint density at radius 1 is 1.43 bits per heavy atom. The van der Waals surface area contributed by atoms with Crippen LogP contribution in [0.5, 0.6) is 0 Å². The number of nitrogens with zero attached hydrogens (tertiary/aromatic N) is 1. The quantitative estimate of drug-likeness (QED) is 0.825. The molecule has 0 bridgehead atoms. The van der Waals surface area contributed by atoms with E-state index < -0.39 is 0 Å². The fourth-order valence-corrected chi connectivity index (χ4v) is 3.33. The minimum atomic E-state index is -0.158. The number of hydrogen-bond acceptors (Lipinski definition) is 1. The van der Waals surface area contributed by atoms with Crippen LogP contribution in [0.15, 0.2) is 24.3 Å². The SMILES string of the molecule is CC1(C(=O)N2CCC[C@@H](CCc3cccc(F)c3)C2)CC1. The van der Waals surface area contributed by atoms with Gasteiger partial charge in [0.15, 0.2) is 0 Å². The first-order chi connectivity index (χ1) is 10.1. The third kappa shape index (κ3) is 3.45. The number of rotatable bonds is 4. The second-order valence-corrected chi connectivity index (χ2v) is 6.99. The number of benzene rings is 1. The van der Waals surface area contributed by atoms with Crippen LogP contribution in [0.25, 0.3) is 0 Å². The normalized spacial score (nSPS) is 23.9. The lowest BCUT2D eigenvalue weighted by Crippen LogP contribution is -2.43. The average molecular weight is 289 g/mol. The Kier molecular flexibility index (Phi) is 4.01. The van der Waals surface area contributed by atoms with Gasteiger partial charge in [0, 0.05) is 18.5 Å². The van der Waals surface area contributed by atoms with Gasteiger partial charge in [-0.3, -0.25) is 4.79 Å². The van der Waals surface area contributed by atoms with Crippen molar-refractivity contribution in [1.29, 1.82) is 0 Å². The van der Waals surface area contributed by atoms with Gasteiger partial charge in [-0.25, -0.2) is 4.39 Å². The lowest BCUT2D eigenvalue weighted by atomic mass is 9.91. The summed E-state index contributed by atoms with van der Waals surface area (Å²) in [5.41, 5.74) is 1.01. The van der Waals surface area contributed by atoms with Crippen molar-refractivity contribution in [2.45, 2.75) is 45.4 Å². The maximum absolute atomic E-state index is 13.2. The van der Waals surface area contributed by atoms with E-state index in [1.807, 2.05) is 6.07 Å². The Hall–Kier alpha value is -1.38. The molecule has 0 unspecified atom stereocenters. The first-order valence-electron chi connectivity index (χ1n) is 8.11. The molecule has 1 aromatic carbocycles. The van der Waals surface area contributed by atoms with Gasteiger partial charge in [-0.15, -0.1) is 0 Å². The molecule has 0 N–H and O–H groups in total. The van der Waals surface area contributed by atoms with E-state index in [0.717, 1.165) is 50.8 Å². The molecule has 1 aliphatic heterocycles. The zero-order valence-electron chi connectivity index (χ0n) is 12.8. The van der Waals surface area contributed by atoms with Crippen LogP contribution in [0.3, 0.4) is 0 Å². The number of aryl methyl sites for hydroxylation is 1. The summed E-state index contributed by atoms with van der Waals surface area (Å²) in [6.45, 7) is 3.90. The molecule has 1 amide bonds.